The van der Waals surface area contributed by atoms with E-state index in [0.717, 1.165) is 41.3 Å². The van der Waals surface area contributed by atoms with Gasteiger partial charge in [-0.25, -0.2) is 9.97 Å². The molecule has 5 rings (SSSR count). The minimum atomic E-state index is 0.731. The smallest absolute Gasteiger partial charge is 0.159 e. The van der Waals surface area contributed by atoms with E-state index in [9.17, 15) is 0 Å². The van der Waals surface area contributed by atoms with Crippen molar-refractivity contribution in [2.24, 2.45) is 0 Å². The molecule has 43 heavy (non-hydrogen) atoms. The Morgan fingerprint density at radius 3 is 1.44 bits per heavy atom. The second-order valence-corrected chi connectivity index (χ2v) is 11.7. The Kier molecular flexibility index (Phi) is 10.4. The number of unbranched alkanes of at least 4 members (excludes halogenated alkanes) is 4. The average Bonchev–Trinajstić information content (AvgIpc) is 3.04. The summed E-state index contributed by atoms with van der Waals surface area (Å²) >= 11 is 0. The molecule has 3 nitrogen and oxygen atoms in total. The Morgan fingerprint density at radius 1 is 0.512 bits per heavy atom. The maximum atomic E-state index is 4.84. The van der Waals surface area contributed by atoms with Crippen LogP contribution in [0.15, 0.2) is 103 Å². The fourth-order valence-corrected chi connectivity index (χ4v) is 5.87. The number of anilines is 3. The first-order valence-corrected chi connectivity index (χ1v) is 16.0. The summed E-state index contributed by atoms with van der Waals surface area (Å²) in [5.41, 5.74) is 12.1. The lowest BCUT2D eigenvalue weighted by Gasteiger charge is -2.25. The van der Waals surface area contributed by atoms with Gasteiger partial charge in [0, 0.05) is 16.9 Å². The Hall–Kier alpha value is -4.24. The third-order valence-electron chi connectivity index (χ3n) is 8.34. The summed E-state index contributed by atoms with van der Waals surface area (Å²) in [6.07, 6.45) is 13.7. The first-order valence-electron chi connectivity index (χ1n) is 16.0. The number of hydrogen-bond acceptors (Lipinski definition) is 3. The van der Waals surface area contributed by atoms with Crippen LogP contribution in [-0.4, -0.2) is 9.97 Å². The second kappa shape index (κ2) is 14.8. The Morgan fingerprint density at radius 2 is 0.977 bits per heavy atom. The lowest BCUT2D eigenvalue weighted by Crippen LogP contribution is -2.11. The predicted molar refractivity (Wildman–Crippen MR) is 184 cm³/mol. The lowest BCUT2D eigenvalue weighted by atomic mass is 9.95. The zero-order valence-electron chi connectivity index (χ0n) is 26.3. The SMILES string of the molecule is CCCCCc1ccc(N(c2ccc(CCCCC)cc2)c2cnc(-c3ccc(-c4c(C)cccc4C)cc3)nc2)cc1. The predicted octanol–water partition coefficient (Wildman–Crippen LogP) is 11.4. The van der Waals surface area contributed by atoms with Crippen LogP contribution in [-0.2, 0) is 12.8 Å². The van der Waals surface area contributed by atoms with Crippen molar-refractivity contribution in [1.29, 1.82) is 0 Å². The monoisotopic (exact) mass is 567 g/mol. The maximum Gasteiger partial charge on any atom is 0.159 e. The molecule has 0 amide bonds. The molecule has 0 N–H and O–H groups in total. The Labute approximate surface area is 258 Å². The highest BCUT2D eigenvalue weighted by Gasteiger charge is 2.15. The standard InChI is InChI=1S/C40H45N3/c1-5-7-9-14-32-16-24-36(25-17-32)43(37-26-18-33(19-27-37)15-10-8-6-2)38-28-41-40(42-29-38)35-22-20-34(21-23-35)39-30(3)12-11-13-31(39)4/h11-13,16-29H,5-10,14-15H2,1-4H3. The normalized spacial score (nSPS) is 11.1. The van der Waals surface area contributed by atoms with Gasteiger partial charge >= 0.3 is 0 Å². The van der Waals surface area contributed by atoms with Gasteiger partial charge in [0.15, 0.2) is 5.82 Å². The van der Waals surface area contributed by atoms with Crippen LogP contribution in [0.25, 0.3) is 22.5 Å². The molecular formula is C40H45N3. The average molecular weight is 568 g/mol. The van der Waals surface area contributed by atoms with Gasteiger partial charge < -0.3 is 4.90 Å². The summed E-state index contributed by atoms with van der Waals surface area (Å²) in [6.45, 7) is 8.85. The van der Waals surface area contributed by atoms with Gasteiger partial charge in [-0.2, -0.15) is 0 Å². The molecule has 0 fully saturated rings. The largest absolute Gasteiger partial charge is 0.308 e. The minimum Gasteiger partial charge on any atom is -0.308 e. The van der Waals surface area contributed by atoms with Crippen LogP contribution >= 0.6 is 0 Å². The van der Waals surface area contributed by atoms with E-state index >= 15 is 0 Å². The summed E-state index contributed by atoms with van der Waals surface area (Å²) in [5, 5.41) is 0. The Balaban J connectivity index is 1.41. The van der Waals surface area contributed by atoms with Gasteiger partial charge in [0.2, 0.25) is 0 Å². The Bertz CT molecular complexity index is 1490. The van der Waals surface area contributed by atoms with Gasteiger partial charge in [-0.3, -0.25) is 0 Å². The van der Waals surface area contributed by atoms with E-state index in [1.165, 1.54) is 71.9 Å². The van der Waals surface area contributed by atoms with E-state index in [0.29, 0.717) is 0 Å². The number of rotatable bonds is 13. The molecule has 4 aromatic carbocycles. The summed E-state index contributed by atoms with van der Waals surface area (Å²) in [7, 11) is 0. The van der Waals surface area contributed by atoms with Crippen molar-refractivity contribution in [2.45, 2.75) is 79.1 Å². The molecular weight excluding hydrogens is 522 g/mol. The van der Waals surface area contributed by atoms with Crippen LogP contribution < -0.4 is 4.90 Å². The van der Waals surface area contributed by atoms with Gasteiger partial charge in [0.05, 0.1) is 18.1 Å². The van der Waals surface area contributed by atoms with Gasteiger partial charge in [-0.05, 0) is 97.2 Å². The van der Waals surface area contributed by atoms with Crippen molar-refractivity contribution in [3.8, 4) is 22.5 Å². The number of nitrogens with zero attached hydrogens (tertiary/aromatic N) is 3. The van der Waals surface area contributed by atoms with Gasteiger partial charge in [0.25, 0.3) is 0 Å². The fraction of sp³-hybridized carbons (Fsp3) is 0.300. The molecule has 220 valence electrons. The van der Waals surface area contributed by atoms with Crippen LogP contribution in [0.2, 0.25) is 0 Å². The number of aromatic nitrogens is 2. The van der Waals surface area contributed by atoms with E-state index in [4.69, 9.17) is 9.97 Å². The lowest BCUT2D eigenvalue weighted by molar-refractivity contribution is 0.717. The molecule has 0 saturated carbocycles. The number of benzene rings is 4. The van der Waals surface area contributed by atoms with Crippen molar-refractivity contribution in [1.82, 2.24) is 9.97 Å². The number of aryl methyl sites for hydroxylation is 4. The summed E-state index contributed by atoms with van der Waals surface area (Å²) in [4.78, 5) is 11.9. The van der Waals surface area contributed by atoms with Crippen LogP contribution in [0.3, 0.4) is 0 Å². The highest BCUT2D eigenvalue weighted by atomic mass is 15.2. The van der Waals surface area contributed by atoms with E-state index < -0.39 is 0 Å². The highest BCUT2D eigenvalue weighted by Crippen LogP contribution is 2.35. The van der Waals surface area contributed by atoms with E-state index in [1.807, 2.05) is 12.4 Å². The van der Waals surface area contributed by atoms with Crippen molar-refractivity contribution >= 4 is 17.1 Å². The zero-order chi connectivity index (χ0) is 30.0. The van der Waals surface area contributed by atoms with Crippen molar-refractivity contribution in [3.05, 3.63) is 126 Å². The molecule has 0 radical (unpaired) electrons. The van der Waals surface area contributed by atoms with Gasteiger partial charge in [-0.1, -0.05) is 106 Å². The summed E-state index contributed by atoms with van der Waals surface area (Å²) < 4.78 is 0. The molecule has 0 saturated heterocycles. The summed E-state index contributed by atoms with van der Waals surface area (Å²) in [5.74, 6) is 0.731. The molecule has 0 aliphatic rings. The maximum absolute atomic E-state index is 4.84. The minimum absolute atomic E-state index is 0.731. The van der Waals surface area contributed by atoms with E-state index in [1.54, 1.807) is 0 Å². The highest BCUT2D eigenvalue weighted by molar-refractivity contribution is 5.77. The van der Waals surface area contributed by atoms with Crippen molar-refractivity contribution < 1.29 is 0 Å². The molecule has 3 heteroatoms. The topological polar surface area (TPSA) is 29.0 Å². The summed E-state index contributed by atoms with van der Waals surface area (Å²) in [6, 6.07) is 33.1. The van der Waals surface area contributed by atoms with Crippen LogP contribution in [0.1, 0.15) is 74.6 Å². The molecule has 0 bridgehead atoms. The third-order valence-corrected chi connectivity index (χ3v) is 8.34. The van der Waals surface area contributed by atoms with E-state index in [2.05, 4.69) is 124 Å². The first-order chi connectivity index (χ1) is 21.1. The number of hydrogen-bond donors (Lipinski definition) is 0. The van der Waals surface area contributed by atoms with Gasteiger partial charge in [0.1, 0.15) is 0 Å². The zero-order valence-corrected chi connectivity index (χ0v) is 26.3. The molecule has 1 aromatic heterocycles. The third kappa shape index (κ3) is 7.59. The molecule has 1 heterocycles. The van der Waals surface area contributed by atoms with Crippen LogP contribution in [0.4, 0.5) is 17.1 Å². The fourth-order valence-electron chi connectivity index (χ4n) is 5.87. The molecule has 5 aromatic rings. The van der Waals surface area contributed by atoms with Gasteiger partial charge in [-0.15, -0.1) is 0 Å². The van der Waals surface area contributed by atoms with Crippen molar-refractivity contribution in [3.63, 3.8) is 0 Å². The van der Waals surface area contributed by atoms with Crippen LogP contribution in [0.5, 0.6) is 0 Å². The molecule has 0 aliphatic carbocycles. The quantitative estimate of drug-likeness (QED) is 0.133. The second-order valence-electron chi connectivity index (χ2n) is 11.7. The first kappa shape index (κ1) is 30.2. The van der Waals surface area contributed by atoms with Crippen molar-refractivity contribution in [2.75, 3.05) is 4.90 Å². The molecule has 0 unspecified atom stereocenters. The van der Waals surface area contributed by atoms with E-state index in [-0.39, 0.29) is 0 Å². The molecule has 0 spiro atoms. The van der Waals surface area contributed by atoms with Crippen LogP contribution in [0, 0.1) is 13.8 Å². The molecule has 0 aliphatic heterocycles. The molecule has 0 atom stereocenters.